The van der Waals surface area contributed by atoms with Crippen molar-refractivity contribution < 1.29 is 4.74 Å². The average molecular weight is 283 g/mol. The van der Waals surface area contributed by atoms with Crippen molar-refractivity contribution in [1.82, 2.24) is 20.0 Å². The van der Waals surface area contributed by atoms with Crippen LogP contribution in [0.5, 0.6) is 0 Å². The first kappa shape index (κ1) is 13.7. The Bertz CT molecular complexity index is 667. The number of nitriles is 1. The Hall–Kier alpha value is -2.26. The van der Waals surface area contributed by atoms with Gasteiger partial charge >= 0.3 is 0 Å². The van der Waals surface area contributed by atoms with Gasteiger partial charge in [0.1, 0.15) is 11.3 Å². The number of ether oxygens (including phenoxy) is 1. The second-order valence-electron chi connectivity index (χ2n) is 5.44. The maximum Gasteiger partial charge on any atom is 0.114 e. The molecule has 1 fully saturated rings. The molecular formula is C15H17N5O. The molecular weight excluding hydrogens is 266 g/mol. The molecule has 3 heterocycles. The predicted molar refractivity (Wildman–Crippen MR) is 75.2 cm³/mol. The summed E-state index contributed by atoms with van der Waals surface area (Å²) in [4.78, 5) is 4.44. The molecule has 2 aromatic heterocycles. The van der Waals surface area contributed by atoms with Crippen LogP contribution in [0, 0.1) is 11.3 Å². The van der Waals surface area contributed by atoms with Gasteiger partial charge in [0.05, 0.1) is 36.6 Å². The van der Waals surface area contributed by atoms with Gasteiger partial charge in [0.15, 0.2) is 0 Å². The average Bonchev–Trinajstić information content (AvgIpc) is 3.10. The van der Waals surface area contributed by atoms with Crippen molar-refractivity contribution in [3.8, 4) is 6.07 Å². The van der Waals surface area contributed by atoms with Crippen molar-refractivity contribution in [2.45, 2.75) is 38.3 Å². The molecule has 1 aliphatic rings. The van der Waals surface area contributed by atoms with Gasteiger partial charge in [0.2, 0.25) is 0 Å². The molecule has 0 aliphatic carbocycles. The highest BCUT2D eigenvalue weighted by Crippen LogP contribution is 2.33. The minimum absolute atomic E-state index is 0.311. The van der Waals surface area contributed by atoms with Gasteiger partial charge in [-0.3, -0.25) is 4.98 Å². The van der Waals surface area contributed by atoms with Gasteiger partial charge in [-0.15, -0.1) is 5.10 Å². The van der Waals surface area contributed by atoms with Crippen LogP contribution in [0.1, 0.15) is 36.8 Å². The van der Waals surface area contributed by atoms with Crippen LogP contribution in [0.4, 0.5) is 0 Å². The van der Waals surface area contributed by atoms with E-state index >= 15 is 0 Å². The largest absolute Gasteiger partial charge is 0.369 e. The number of pyridine rings is 1. The molecule has 108 valence electrons. The highest BCUT2D eigenvalue weighted by Gasteiger charge is 2.34. The molecule has 3 rings (SSSR count). The smallest absolute Gasteiger partial charge is 0.114 e. The van der Waals surface area contributed by atoms with Gasteiger partial charge in [-0.05, 0) is 31.9 Å². The summed E-state index contributed by atoms with van der Waals surface area (Å²) in [6, 6.07) is 7.80. The maximum absolute atomic E-state index is 8.72. The van der Waals surface area contributed by atoms with Gasteiger partial charge in [-0.25, -0.2) is 4.68 Å². The fourth-order valence-electron chi connectivity index (χ4n) is 2.56. The Kier molecular flexibility index (Phi) is 3.67. The van der Waals surface area contributed by atoms with Crippen LogP contribution >= 0.6 is 0 Å². The fraction of sp³-hybridized carbons (Fsp3) is 0.467. The Labute approximate surface area is 123 Å². The summed E-state index contributed by atoms with van der Waals surface area (Å²) in [6.07, 6.45) is 4.27. The van der Waals surface area contributed by atoms with E-state index in [2.05, 4.69) is 28.3 Å². The lowest BCUT2D eigenvalue weighted by molar-refractivity contribution is 0.0131. The first-order chi connectivity index (χ1) is 10.2. The third-order valence-electron chi connectivity index (χ3n) is 3.75. The highest BCUT2D eigenvalue weighted by atomic mass is 16.5. The summed E-state index contributed by atoms with van der Waals surface area (Å²) in [7, 11) is 0. The van der Waals surface area contributed by atoms with Crippen molar-refractivity contribution in [1.29, 1.82) is 5.26 Å². The molecule has 0 spiro atoms. The summed E-state index contributed by atoms with van der Waals surface area (Å²) in [5.74, 6) is 0. The summed E-state index contributed by atoms with van der Waals surface area (Å²) in [5.41, 5.74) is 2.21. The summed E-state index contributed by atoms with van der Waals surface area (Å²) < 4.78 is 7.54. The SMILES string of the molecule is CC1(c2cn(Cc3cccc(CC#N)n3)nn2)CCCO1. The van der Waals surface area contributed by atoms with Gasteiger partial charge < -0.3 is 4.74 Å². The second-order valence-corrected chi connectivity index (χ2v) is 5.44. The summed E-state index contributed by atoms with van der Waals surface area (Å²) in [5, 5.41) is 17.1. The zero-order chi connectivity index (χ0) is 14.7. The molecule has 1 atom stereocenters. The van der Waals surface area contributed by atoms with Crippen LogP contribution in [0.25, 0.3) is 0 Å². The lowest BCUT2D eigenvalue weighted by Crippen LogP contribution is -2.20. The third kappa shape index (κ3) is 2.93. The number of rotatable bonds is 4. The number of hydrogen-bond donors (Lipinski definition) is 0. The molecule has 0 aromatic carbocycles. The monoisotopic (exact) mass is 283 g/mol. The summed E-state index contributed by atoms with van der Waals surface area (Å²) >= 11 is 0. The highest BCUT2D eigenvalue weighted by molar-refractivity contribution is 5.15. The minimum atomic E-state index is -0.311. The molecule has 0 bridgehead atoms. The normalized spacial score (nSPS) is 21.3. The lowest BCUT2D eigenvalue weighted by Gasteiger charge is -2.19. The lowest BCUT2D eigenvalue weighted by atomic mass is 10.00. The van der Waals surface area contributed by atoms with Crippen LogP contribution < -0.4 is 0 Å². The number of nitrogens with zero attached hydrogens (tertiary/aromatic N) is 5. The topological polar surface area (TPSA) is 76.6 Å². The predicted octanol–water partition coefficient (Wildman–Crippen LogP) is 1.81. The standard InChI is InChI=1S/C15H17N5O/c1-15(7-3-9-21-15)14-11-20(19-18-14)10-13-5-2-4-12(17-13)6-8-16/h2,4-5,11H,3,6-7,9-10H2,1H3. The fourth-order valence-corrected chi connectivity index (χ4v) is 2.56. The second kappa shape index (κ2) is 5.62. The van der Waals surface area contributed by atoms with E-state index < -0.39 is 0 Å². The van der Waals surface area contributed by atoms with Crippen molar-refractivity contribution in [3.05, 3.63) is 41.5 Å². The van der Waals surface area contributed by atoms with Crippen LogP contribution in [0.15, 0.2) is 24.4 Å². The molecule has 0 amide bonds. The van der Waals surface area contributed by atoms with Crippen molar-refractivity contribution in [3.63, 3.8) is 0 Å². The van der Waals surface area contributed by atoms with Crippen molar-refractivity contribution >= 4 is 0 Å². The van der Waals surface area contributed by atoms with Crippen molar-refractivity contribution in [2.75, 3.05) is 6.61 Å². The van der Waals surface area contributed by atoms with E-state index in [4.69, 9.17) is 10.00 Å². The Morgan fingerprint density at radius 2 is 2.29 bits per heavy atom. The third-order valence-corrected chi connectivity index (χ3v) is 3.75. The molecule has 21 heavy (non-hydrogen) atoms. The van der Waals surface area contributed by atoms with E-state index in [9.17, 15) is 0 Å². The van der Waals surface area contributed by atoms with E-state index in [0.29, 0.717) is 13.0 Å². The van der Waals surface area contributed by atoms with Crippen molar-refractivity contribution in [2.24, 2.45) is 0 Å². The molecule has 1 aliphatic heterocycles. The molecule has 6 nitrogen and oxygen atoms in total. The molecule has 6 heteroatoms. The zero-order valence-electron chi connectivity index (χ0n) is 12.0. The zero-order valence-corrected chi connectivity index (χ0v) is 12.0. The maximum atomic E-state index is 8.72. The molecule has 0 N–H and O–H groups in total. The van der Waals surface area contributed by atoms with Gasteiger partial charge in [-0.1, -0.05) is 11.3 Å². The first-order valence-corrected chi connectivity index (χ1v) is 7.06. The molecule has 0 radical (unpaired) electrons. The number of hydrogen-bond acceptors (Lipinski definition) is 5. The molecule has 0 saturated carbocycles. The van der Waals surface area contributed by atoms with Gasteiger partial charge in [-0.2, -0.15) is 5.26 Å². The Morgan fingerprint density at radius 3 is 3.05 bits per heavy atom. The molecule has 2 aromatic rings. The van der Waals surface area contributed by atoms with Crippen LogP contribution in [-0.4, -0.2) is 26.6 Å². The van der Waals surface area contributed by atoms with E-state index in [0.717, 1.165) is 36.5 Å². The summed E-state index contributed by atoms with van der Waals surface area (Å²) in [6.45, 7) is 3.38. The van der Waals surface area contributed by atoms with E-state index in [1.165, 1.54) is 0 Å². The van der Waals surface area contributed by atoms with Crippen LogP contribution in [-0.2, 0) is 23.3 Å². The minimum Gasteiger partial charge on any atom is -0.369 e. The first-order valence-electron chi connectivity index (χ1n) is 7.06. The van der Waals surface area contributed by atoms with Crippen LogP contribution in [0.2, 0.25) is 0 Å². The molecule has 1 unspecified atom stereocenters. The van der Waals surface area contributed by atoms with E-state index in [1.807, 2.05) is 24.4 Å². The Balaban J connectivity index is 1.75. The van der Waals surface area contributed by atoms with E-state index in [1.54, 1.807) is 4.68 Å². The number of aromatic nitrogens is 4. The van der Waals surface area contributed by atoms with E-state index in [-0.39, 0.29) is 5.60 Å². The van der Waals surface area contributed by atoms with Gasteiger partial charge in [0, 0.05) is 6.61 Å². The van der Waals surface area contributed by atoms with Gasteiger partial charge in [0.25, 0.3) is 0 Å². The Morgan fingerprint density at radius 1 is 1.43 bits per heavy atom. The van der Waals surface area contributed by atoms with Crippen LogP contribution in [0.3, 0.4) is 0 Å². The quantitative estimate of drug-likeness (QED) is 0.855. The molecule has 1 saturated heterocycles.